The Hall–Kier alpha value is -2.62. The molecule has 29 heavy (non-hydrogen) atoms. The zero-order chi connectivity index (χ0) is 21.7. The van der Waals surface area contributed by atoms with E-state index < -0.39 is 59.2 Å². The maximum atomic E-state index is 12.9. The lowest BCUT2D eigenvalue weighted by atomic mass is 9.73. The van der Waals surface area contributed by atoms with Crippen molar-refractivity contribution in [2.45, 2.75) is 38.7 Å². The number of hydrogen-bond acceptors (Lipinski definition) is 5. The second kappa shape index (κ2) is 7.01. The molecule has 3 rings (SSSR count). The van der Waals surface area contributed by atoms with Crippen LogP contribution >= 0.6 is 0 Å². The van der Waals surface area contributed by atoms with Gasteiger partial charge < -0.3 is 9.84 Å². The number of carbonyl (C=O) groups excluding carboxylic acids is 2. The molecule has 2 N–H and O–H groups in total. The monoisotopic (exact) mass is 414 g/mol. The molecule has 2 heterocycles. The molecule has 0 bridgehead atoms. The molecule has 2 fully saturated rings. The number of amides is 2. The number of aliphatic carboxylic acids is 1. The number of alkyl halides is 3. The van der Waals surface area contributed by atoms with E-state index in [1.807, 2.05) is 0 Å². The van der Waals surface area contributed by atoms with Crippen molar-refractivity contribution >= 4 is 17.8 Å². The van der Waals surface area contributed by atoms with Gasteiger partial charge in [-0.15, -0.1) is 13.2 Å². The number of carboxylic acid groups (broad SMARTS) is 1. The second-order valence-electron chi connectivity index (χ2n) is 7.49. The van der Waals surface area contributed by atoms with Crippen LogP contribution in [0.25, 0.3) is 0 Å². The van der Waals surface area contributed by atoms with Gasteiger partial charge in [-0.2, -0.15) is 0 Å². The van der Waals surface area contributed by atoms with Gasteiger partial charge in [0.05, 0.1) is 11.8 Å². The average molecular weight is 414 g/mol. The Morgan fingerprint density at radius 1 is 1.24 bits per heavy atom. The highest BCUT2D eigenvalue weighted by Gasteiger charge is 2.69. The van der Waals surface area contributed by atoms with Crippen molar-refractivity contribution < 1.29 is 37.4 Å². The summed E-state index contributed by atoms with van der Waals surface area (Å²) < 4.78 is 41.0. The molecule has 0 radical (unpaired) electrons. The zero-order valence-corrected chi connectivity index (χ0v) is 16.0. The maximum Gasteiger partial charge on any atom is 0.573 e. The normalized spacial score (nSPS) is 29.5. The van der Waals surface area contributed by atoms with Gasteiger partial charge in [0.25, 0.3) is 0 Å². The van der Waals surface area contributed by atoms with Gasteiger partial charge in [-0.05, 0) is 30.5 Å². The fourth-order valence-electron chi connectivity index (χ4n) is 4.45. The van der Waals surface area contributed by atoms with E-state index in [0.717, 1.165) is 17.0 Å². The lowest BCUT2D eigenvalue weighted by Crippen LogP contribution is -2.59. The van der Waals surface area contributed by atoms with Crippen molar-refractivity contribution in [3.05, 3.63) is 29.8 Å². The fourth-order valence-corrected chi connectivity index (χ4v) is 4.45. The molecular weight excluding hydrogens is 393 g/mol. The van der Waals surface area contributed by atoms with Gasteiger partial charge in [0.15, 0.2) is 0 Å². The predicted molar refractivity (Wildman–Crippen MR) is 93.6 cm³/mol. The molecule has 2 amide bonds. The van der Waals surface area contributed by atoms with E-state index in [4.69, 9.17) is 0 Å². The Balaban J connectivity index is 2.05. The molecule has 2 aliphatic rings. The van der Waals surface area contributed by atoms with Gasteiger partial charge in [0.2, 0.25) is 11.8 Å². The van der Waals surface area contributed by atoms with Crippen LogP contribution in [0, 0.1) is 17.8 Å². The first kappa shape index (κ1) is 21.1. The first-order chi connectivity index (χ1) is 13.4. The standard InChI is InChI=1S/C19H21F3N2O5/c1-4-24-15(25)12-13(16(24)26)18(9(2)3,17(27)28)23-14(12)10-5-7-11(8-6-10)29-19(20,21)22/h5-9,12-14,23H,4H2,1-3H3,(H,27,28). The van der Waals surface area contributed by atoms with Crippen LogP contribution < -0.4 is 10.1 Å². The van der Waals surface area contributed by atoms with E-state index >= 15 is 0 Å². The van der Waals surface area contributed by atoms with Crippen molar-refractivity contribution in [3.8, 4) is 5.75 Å². The van der Waals surface area contributed by atoms with Crippen LogP contribution in [0.4, 0.5) is 13.2 Å². The molecule has 2 aliphatic heterocycles. The number of likely N-dealkylation sites (tertiary alicyclic amines) is 1. The molecule has 0 spiro atoms. The summed E-state index contributed by atoms with van der Waals surface area (Å²) in [5.74, 6) is -5.32. The lowest BCUT2D eigenvalue weighted by Gasteiger charge is -2.34. The minimum absolute atomic E-state index is 0.115. The number of fused-ring (bicyclic) bond motifs is 1. The maximum absolute atomic E-state index is 12.9. The molecule has 1 aromatic rings. The largest absolute Gasteiger partial charge is 0.573 e. The molecule has 0 aromatic heterocycles. The zero-order valence-electron chi connectivity index (χ0n) is 16.0. The van der Waals surface area contributed by atoms with Crippen molar-refractivity contribution in [1.29, 1.82) is 0 Å². The number of rotatable bonds is 5. The third-order valence-corrected chi connectivity index (χ3v) is 5.74. The summed E-state index contributed by atoms with van der Waals surface area (Å²) in [6.45, 7) is 5.03. The van der Waals surface area contributed by atoms with Crippen LogP contribution in [0.1, 0.15) is 32.4 Å². The number of halogens is 3. The Morgan fingerprint density at radius 3 is 2.28 bits per heavy atom. The third-order valence-electron chi connectivity index (χ3n) is 5.74. The van der Waals surface area contributed by atoms with Gasteiger partial charge in [-0.3, -0.25) is 24.6 Å². The second-order valence-corrected chi connectivity index (χ2v) is 7.49. The summed E-state index contributed by atoms with van der Waals surface area (Å²) in [5.41, 5.74) is -1.27. The van der Waals surface area contributed by atoms with Crippen molar-refractivity contribution in [1.82, 2.24) is 10.2 Å². The number of hydrogen-bond donors (Lipinski definition) is 2. The molecule has 4 atom stereocenters. The molecule has 0 saturated carbocycles. The van der Waals surface area contributed by atoms with Gasteiger partial charge in [-0.25, -0.2) is 0 Å². The molecule has 7 nitrogen and oxygen atoms in total. The number of ether oxygens (including phenoxy) is 1. The molecule has 1 aromatic carbocycles. The minimum Gasteiger partial charge on any atom is -0.480 e. The first-order valence-electron chi connectivity index (χ1n) is 9.16. The Bertz CT molecular complexity index is 839. The SMILES string of the molecule is CCN1C(=O)C2C(c3ccc(OC(F)(F)F)cc3)NC(C(=O)O)(C(C)C)C2C1=O. The molecule has 2 saturated heterocycles. The quantitative estimate of drug-likeness (QED) is 0.718. The van der Waals surface area contributed by atoms with Crippen LogP contribution in [0.2, 0.25) is 0 Å². The van der Waals surface area contributed by atoms with Crippen LogP contribution in [-0.2, 0) is 14.4 Å². The summed E-state index contributed by atoms with van der Waals surface area (Å²) in [5, 5.41) is 13.0. The Labute approximate surface area is 164 Å². The van der Waals surface area contributed by atoms with Crippen LogP contribution in [0.15, 0.2) is 24.3 Å². The number of carboxylic acids is 1. The van der Waals surface area contributed by atoms with E-state index in [0.29, 0.717) is 5.56 Å². The summed E-state index contributed by atoms with van der Waals surface area (Å²) in [6.07, 6.45) is -4.84. The van der Waals surface area contributed by atoms with Crippen LogP contribution in [0.5, 0.6) is 5.75 Å². The molecule has 4 unspecified atom stereocenters. The lowest BCUT2D eigenvalue weighted by molar-refractivity contribution is -0.274. The third kappa shape index (κ3) is 3.25. The smallest absolute Gasteiger partial charge is 0.480 e. The highest BCUT2D eigenvalue weighted by Crippen LogP contribution is 2.51. The fraction of sp³-hybridized carbons (Fsp3) is 0.526. The summed E-state index contributed by atoms with van der Waals surface area (Å²) in [6, 6.07) is 4.01. The number of carbonyl (C=O) groups is 3. The van der Waals surface area contributed by atoms with E-state index in [-0.39, 0.29) is 6.54 Å². The van der Waals surface area contributed by atoms with Crippen molar-refractivity contribution in [2.24, 2.45) is 17.8 Å². The molecule has 0 aliphatic carbocycles. The van der Waals surface area contributed by atoms with Gasteiger partial charge in [0, 0.05) is 12.6 Å². The number of nitrogens with zero attached hydrogens (tertiary/aromatic N) is 1. The summed E-state index contributed by atoms with van der Waals surface area (Å²) >= 11 is 0. The highest BCUT2D eigenvalue weighted by atomic mass is 19.4. The van der Waals surface area contributed by atoms with E-state index in [9.17, 15) is 32.7 Å². The first-order valence-corrected chi connectivity index (χ1v) is 9.16. The Kier molecular flexibility index (Phi) is 5.10. The van der Waals surface area contributed by atoms with Gasteiger partial charge in [0.1, 0.15) is 11.3 Å². The van der Waals surface area contributed by atoms with E-state index in [1.165, 1.54) is 12.1 Å². The molecule has 10 heteroatoms. The average Bonchev–Trinajstić information content (AvgIpc) is 3.09. The van der Waals surface area contributed by atoms with Crippen molar-refractivity contribution in [3.63, 3.8) is 0 Å². The molecular formula is C19H21F3N2O5. The predicted octanol–water partition coefficient (Wildman–Crippen LogP) is 2.33. The topological polar surface area (TPSA) is 95.9 Å². The number of nitrogens with one attached hydrogen (secondary N) is 1. The summed E-state index contributed by atoms with van der Waals surface area (Å²) in [4.78, 5) is 39.1. The number of benzene rings is 1. The van der Waals surface area contributed by atoms with E-state index in [2.05, 4.69) is 10.1 Å². The summed E-state index contributed by atoms with van der Waals surface area (Å²) in [7, 11) is 0. The number of imide groups is 1. The van der Waals surface area contributed by atoms with Crippen LogP contribution in [0.3, 0.4) is 0 Å². The minimum atomic E-state index is -4.84. The Morgan fingerprint density at radius 2 is 1.83 bits per heavy atom. The molecule has 158 valence electrons. The highest BCUT2D eigenvalue weighted by molar-refractivity contribution is 6.09. The van der Waals surface area contributed by atoms with Crippen molar-refractivity contribution in [2.75, 3.05) is 6.54 Å². The van der Waals surface area contributed by atoms with Gasteiger partial charge >= 0.3 is 12.3 Å². The van der Waals surface area contributed by atoms with E-state index in [1.54, 1.807) is 20.8 Å². The van der Waals surface area contributed by atoms with Crippen LogP contribution in [-0.4, -0.2) is 46.2 Å². The van der Waals surface area contributed by atoms with Gasteiger partial charge in [-0.1, -0.05) is 26.0 Å².